The van der Waals surface area contributed by atoms with Gasteiger partial charge in [-0.1, -0.05) is 49.7 Å². The Morgan fingerprint density at radius 2 is 1.68 bits per heavy atom. The third-order valence-corrected chi connectivity index (χ3v) is 3.21. The van der Waals surface area contributed by atoms with E-state index in [0.717, 1.165) is 19.6 Å². The Kier molecular flexibility index (Phi) is 5.57. The average Bonchev–Trinajstić information content (AvgIpc) is 2.47. The fraction of sp³-hybridized carbons (Fsp3) is 0.353. The molecule has 0 aliphatic rings. The van der Waals surface area contributed by atoms with Crippen LogP contribution in [0.2, 0.25) is 0 Å². The predicted molar refractivity (Wildman–Crippen MR) is 79.7 cm³/mol. The van der Waals surface area contributed by atoms with E-state index < -0.39 is 0 Å². The number of benzene rings is 1. The lowest BCUT2D eigenvalue weighted by Gasteiger charge is -2.22. The second-order valence-corrected chi connectivity index (χ2v) is 4.91. The van der Waals surface area contributed by atoms with E-state index in [2.05, 4.69) is 53.2 Å². The molecule has 0 saturated carbocycles. The Labute approximate surface area is 116 Å². The normalized spacial score (nSPS) is 10.8. The number of rotatable bonds is 7. The molecule has 100 valence electrons. The molecule has 2 rings (SSSR count). The van der Waals surface area contributed by atoms with E-state index in [1.54, 1.807) is 0 Å². The maximum Gasteiger partial charge on any atom is 0.0312 e. The summed E-state index contributed by atoms with van der Waals surface area (Å²) in [7, 11) is 0. The first kappa shape index (κ1) is 13.8. The third kappa shape index (κ3) is 4.84. The molecule has 0 fully saturated rings. The first-order valence-corrected chi connectivity index (χ1v) is 7.03. The van der Waals surface area contributed by atoms with E-state index >= 15 is 0 Å². The zero-order valence-corrected chi connectivity index (χ0v) is 11.6. The lowest BCUT2D eigenvalue weighted by molar-refractivity contribution is 0.252. The van der Waals surface area contributed by atoms with Crippen LogP contribution < -0.4 is 0 Å². The molecule has 0 N–H and O–H groups in total. The molecule has 0 aliphatic carbocycles. The summed E-state index contributed by atoms with van der Waals surface area (Å²) in [4.78, 5) is 6.69. The van der Waals surface area contributed by atoms with E-state index in [1.807, 2.05) is 18.5 Å². The van der Waals surface area contributed by atoms with Crippen LogP contribution >= 0.6 is 0 Å². The minimum absolute atomic E-state index is 0.975. The molecular formula is C17H22N2. The third-order valence-electron chi connectivity index (χ3n) is 3.21. The summed E-state index contributed by atoms with van der Waals surface area (Å²) in [6.45, 7) is 5.36. The quantitative estimate of drug-likeness (QED) is 0.745. The van der Waals surface area contributed by atoms with Gasteiger partial charge in [-0.2, -0.15) is 0 Å². The van der Waals surface area contributed by atoms with E-state index in [0.29, 0.717) is 0 Å². The topological polar surface area (TPSA) is 16.1 Å². The van der Waals surface area contributed by atoms with Gasteiger partial charge in [0.15, 0.2) is 0 Å². The van der Waals surface area contributed by atoms with Crippen molar-refractivity contribution in [3.8, 4) is 0 Å². The minimum Gasteiger partial charge on any atom is -0.295 e. The van der Waals surface area contributed by atoms with Crippen LogP contribution in [0, 0.1) is 0 Å². The van der Waals surface area contributed by atoms with Crippen LogP contribution in [0.25, 0.3) is 0 Å². The molecule has 0 radical (unpaired) electrons. The first-order valence-electron chi connectivity index (χ1n) is 7.03. The van der Waals surface area contributed by atoms with E-state index in [1.165, 1.54) is 24.0 Å². The van der Waals surface area contributed by atoms with E-state index in [9.17, 15) is 0 Å². The number of unbranched alkanes of at least 4 members (excludes halogenated alkanes) is 1. The SMILES string of the molecule is CCCCN(Cc1ccccc1)Cc1cccnc1. The molecule has 2 aromatic rings. The van der Waals surface area contributed by atoms with E-state index in [4.69, 9.17) is 0 Å². The van der Waals surface area contributed by atoms with Crippen LogP contribution in [0.5, 0.6) is 0 Å². The molecule has 19 heavy (non-hydrogen) atoms. The van der Waals surface area contributed by atoms with Crippen LogP contribution in [0.15, 0.2) is 54.9 Å². The van der Waals surface area contributed by atoms with Gasteiger partial charge in [0, 0.05) is 25.5 Å². The van der Waals surface area contributed by atoms with Gasteiger partial charge in [-0.05, 0) is 30.2 Å². The fourth-order valence-corrected chi connectivity index (χ4v) is 2.19. The second kappa shape index (κ2) is 7.70. The summed E-state index contributed by atoms with van der Waals surface area (Å²) in [5.41, 5.74) is 2.66. The highest BCUT2D eigenvalue weighted by Crippen LogP contribution is 2.10. The summed E-state index contributed by atoms with van der Waals surface area (Å²) in [5, 5.41) is 0. The van der Waals surface area contributed by atoms with Crippen LogP contribution in [-0.2, 0) is 13.1 Å². The van der Waals surface area contributed by atoms with Crippen LogP contribution in [0.1, 0.15) is 30.9 Å². The maximum absolute atomic E-state index is 4.20. The van der Waals surface area contributed by atoms with Gasteiger partial charge in [-0.25, -0.2) is 0 Å². The van der Waals surface area contributed by atoms with Crippen LogP contribution in [0.3, 0.4) is 0 Å². The number of hydrogen-bond donors (Lipinski definition) is 0. The van der Waals surface area contributed by atoms with E-state index in [-0.39, 0.29) is 0 Å². The molecule has 2 nitrogen and oxygen atoms in total. The monoisotopic (exact) mass is 254 g/mol. The second-order valence-electron chi connectivity index (χ2n) is 4.91. The highest BCUT2D eigenvalue weighted by molar-refractivity contribution is 5.15. The highest BCUT2D eigenvalue weighted by Gasteiger charge is 2.06. The zero-order chi connectivity index (χ0) is 13.3. The van der Waals surface area contributed by atoms with Gasteiger partial charge in [0.25, 0.3) is 0 Å². The van der Waals surface area contributed by atoms with Crippen LogP contribution in [-0.4, -0.2) is 16.4 Å². The molecule has 0 bridgehead atoms. The number of nitrogens with zero attached hydrogens (tertiary/aromatic N) is 2. The van der Waals surface area contributed by atoms with Gasteiger partial charge >= 0.3 is 0 Å². The van der Waals surface area contributed by atoms with Crippen LogP contribution in [0.4, 0.5) is 0 Å². The lowest BCUT2D eigenvalue weighted by Crippen LogP contribution is -2.24. The van der Waals surface area contributed by atoms with Crippen molar-refractivity contribution < 1.29 is 0 Å². The average molecular weight is 254 g/mol. The Hall–Kier alpha value is -1.67. The van der Waals surface area contributed by atoms with Crippen molar-refractivity contribution in [3.05, 3.63) is 66.0 Å². The summed E-state index contributed by atoms with van der Waals surface area (Å²) in [6, 6.07) is 14.8. The molecule has 1 aromatic carbocycles. The fourth-order valence-electron chi connectivity index (χ4n) is 2.19. The molecule has 0 spiro atoms. The number of pyridine rings is 1. The lowest BCUT2D eigenvalue weighted by atomic mass is 10.2. The van der Waals surface area contributed by atoms with Crippen molar-refractivity contribution in [2.75, 3.05) is 6.54 Å². The predicted octanol–water partition coefficient (Wildman–Crippen LogP) is 3.88. The first-order chi connectivity index (χ1) is 9.38. The summed E-state index contributed by atoms with van der Waals surface area (Å²) in [6.07, 6.45) is 6.27. The Morgan fingerprint density at radius 1 is 0.947 bits per heavy atom. The molecule has 1 heterocycles. The Morgan fingerprint density at radius 3 is 2.37 bits per heavy atom. The molecule has 1 aromatic heterocycles. The smallest absolute Gasteiger partial charge is 0.0312 e. The molecule has 0 saturated heterocycles. The van der Waals surface area contributed by atoms with Gasteiger partial charge in [-0.3, -0.25) is 9.88 Å². The molecule has 2 heteroatoms. The largest absolute Gasteiger partial charge is 0.295 e. The van der Waals surface area contributed by atoms with Crippen molar-refractivity contribution in [2.45, 2.75) is 32.9 Å². The Bertz CT molecular complexity index is 412. The van der Waals surface area contributed by atoms with Crippen molar-refractivity contribution in [3.63, 3.8) is 0 Å². The number of hydrogen-bond acceptors (Lipinski definition) is 2. The molecular weight excluding hydrogens is 232 g/mol. The minimum atomic E-state index is 0.975. The zero-order valence-electron chi connectivity index (χ0n) is 11.6. The maximum atomic E-state index is 4.20. The molecule has 0 aliphatic heterocycles. The van der Waals surface area contributed by atoms with Gasteiger partial charge in [0.1, 0.15) is 0 Å². The standard InChI is InChI=1S/C17H22N2/c1-2-3-12-19(14-16-8-5-4-6-9-16)15-17-10-7-11-18-13-17/h4-11,13H,2-3,12,14-15H2,1H3. The molecule has 0 unspecified atom stereocenters. The molecule has 0 atom stereocenters. The number of aromatic nitrogens is 1. The van der Waals surface area contributed by atoms with Gasteiger partial charge in [0.2, 0.25) is 0 Å². The summed E-state index contributed by atoms with van der Waals surface area (Å²) < 4.78 is 0. The van der Waals surface area contributed by atoms with Gasteiger partial charge < -0.3 is 0 Å². The van der Waals surface area contributed by atoms with Gasteiger partial charge in [-0.15, -0.1) is 0 Å². The Balaban J connectivity index is 1.99. The van der Waals surface area contributed by atoms with Crippen molar-refractivity contribution in [1.29, 1.82) is 0 Å². The summed E-state index contributed by atoms with van der Waals surface area (Å²) >= 11 is 0. The van der Waals surface area contributed by atoms with Crippen molar-refractivity contribution >= 4 is 0 Å². The highest BCUT2D eigenvalue weighted by atomic mass is 15.1. The summed E-state index contributed by atoms with van der Waals surface area (Å²) in [5.74, 6) is 0. The molecule has 0 amide bonds. The van der Waals surface area contributed by atoms with Crippen molar-refractivity contribution in [2.24, 2.45) is 0 Å². The van der Waals surface area contributed by atoms with Crippen molar-refractivity contribution in [1.82, 2.24) is 9.88 Å². The van der Waals surface area contributed by atoms with Gasteiger partial charge in [0.05, 0.1) is 0 Å².